The van der Waals surface area contributed by atoms with Crippen LogP contribution in [0.1, 0.15) is 50.8 Å². The van der Waals surface area contributed by atoms with Gasteiger partial charge in [0, 0.05) is 12.1 Å². The largest absolute Gasteiger partial charge is 0.307 e. The van der Waals surface area contributed by atoms with Crippen LogP contribution in [0.3, 0.4) is 0 Å². The predicted octanol–water partition coefficient (Wildman–Crippen LogP) is 3.70. The van der Waals surface area contributed by atoms with Gasteiger partial charge in [0.2, 0.25) is 0 Å². The second-order valence-electron chi connectivity index (χ2n) is 5.17. The van der Waals surface area contributed by atoms with Crippen LogP contribution in [-0.4, -0.2) is 6.04 Å². The lowest BCUT2D eigenvalue weighted by atomic mass is 9.80. The predicted molar refractivity (Wildman–Crippen MR) is 69.6 cm³/mol. The molecule has 1 aromatic carbocycles. The van der Waals surface area contributed by atoms with Gasteiger partial charge in [0.25, 0.3) is 0 Å². The molecular weight excluding hydrogens is 194 g/mol. The maximum atomic E-state index is 3.77. The molecule has 1 heteroatoms. The van der Waals surface area contributed by atoms with E-state index >= 15 is 0 Å². The normalized spacial score (nSPS) is 26.2. The van der Waals surface area contributed by atoms with Crippen molar-refractivity contribution in [2.75, 3.05) is 0 Å². The van der Waals surface area contributed by atoms with Crippen molar-refractivity contribution in [2.45, 2.75) is 52.1 Å². The van der Waals surface area contributed by atoms with E-state index < -0.39 is 0 Å². The number of rotatable bonds is 3. The molecule has 0 bridgehead atoms. The van der Waals surface area contributed by atoms with E-state index in [-0.39, 0.29) is 0 Å². The number of nitrogens with one attached hydrogen (secondary N) is 1. The average molecular weight is 217 g/mol. The summed E-state index contributed by atoms with van der Waals surface area (Å²) < 4.78 is 0. The van der Waals surface area contributed by atoms with E-state index in [4.69, 9.17) is 0 Å². The molecule has 88 valence electrons. The third kappa shape index (κ3) is 2.30. The van der Waals surface area contributed by atoms with Gasteiger partial charge in [-0.3, -0.25) is 0 Å². The molecule has 0 saturated carbocycles. The van der Waals surface area contributed by atoms with Crippen molar-refractivity contribution < 1.29 is 0 Å². The first-order valence-corrected chi connectivity index (χ1v) is 6.56. The molecule has 3 atom stereocenters. The first-order chi connectivity index (χ1) is 7.72. The van der Waals surface area contributed by atoms with Gasteiger partial charge in [-0.05, 0) is 43.2 Å². The highest BCUT2D eigenvalue weighted by Crippen LogP contribution is 2.34. The molecule has 0 amide bonds. The van der Waals surface area contributed by atoms with Crippen LogP contribution >= 0.6 is 0 Å². The molecule has 1 aliphatic rings. The van der Waals surface area contributed by atoms with Gasteiger partial charge >= 0.3 is 0 Å². The van der Waals surface area contributed by atoms with Crippen molar-refractivity contribution in [3.8, 4) is 0 Å². The summed E-state index contributed by atoms with van der Waals surface area (Å²) in [7, 11) is 0. The van der Waals surface area contributed by atoms with Gasteiger partial charge in [-0.25, -0.2) is 0 Å². The summed E-state index contributed by atoms with van der Waals surface area (Å²) >= 11 is 0. The SMILES string of the molecule is CCC(C)NC1c2ccccc2CCC1C. The molecule has 0 saturated heterocycles. The molecule has 3 unspecified atom stereocenters. The van der Waals surface area contributed by atoms with E-state index in [0.717, 1.165) is 5.92 Å². The van der Waals surface area contributed by atoms with E-state index in [9.17, 15) is 0 Å². The molecule has 1 nitrogen and oxygen atoms in total. The van der Waals surface area contributed by atoms with Crippen LogP contribution in [-0.2, 0) is 6.42 Å². The van der Waals surface area contributed by atoms with Crippen molar-refractivity contribution in [3.63, 3.8) is 0 Å². The molecule has 0 aliphatic heterocycles. The summed E-state index contributed by atoms with van der Waals surface area (Å²) in [4.78, 5) is 0. The first-order valence-electron chi connectivity index (χ1n) is 6.56. The van der Waals surface area contributed by atoms with E-state index in [2.05, 4.69) is 50.4 Å². The lowest BCUT2D eigenvalue weighted by molar-refractivity contribution is 0.314. The third-order valence-corrected chi connectivity index (χ3v) is 3.90. The van der Waals surface area contributed by atoms with Crippen LogP contribution in [0.5, 0.6) is 0 Å². The standard InChI is InChI=1S/C15H23N/c1-4-12(3)16-15-11(2)9-10-13-7-5-6-8-14(13)15/h5-8,11-12,15-16H,4,9-10H2,1-3H3. The smallest absolute Gasteiger partial charge is 0.0351 e. The van der Waals surface area contributed by atoms with Crippen molar-refractivity contribution in [1.29, 1.82) is 0 Å². The van der Waals surface area contributed by atoms with Crippen molar-refractivity contribution >= 4 is 0 Å². The highest BCUT2D eigenvalue weighted by atomic mass is 15.0. The highest BCUT2D eigenvalue weighted by molar-refractivity contribution is 5.32. The zero-order valence-electron chi connectivity index (χ0n) is 10.7. The maximum Gasteiger partial charge on any atom is 0.0351 e. The molecule has 0 radical (unpaired) electrons. The minimum Gasteiger partial charge on any atom is -0.307 e. The van der Waals surface area contributed by atoms with Gasteiger partial charge in [-0.15, -0.1) is 0 Å². The molecule has 1 aliphatic carbocycles. The Morgan fingerprint density at radius 2 is 2.12 bits per heavy atom. The van der Waals surface area contributed by atoms with Crippen molar-refractivity contribution in [1.82, 2.24) is 5.32 Å². The Labute approximate surface area is 99.3 Å². The number of fused-ring (bicyclic) bond motifs is 1. The van der Waals surface area contributed by atoms with Gasteiger partial charge in [-0.1, -0.05) is 38.1 Å². The zero-order valence-corrected chi connectivity index (χ0v) is 10.7. The van der Waals surface area contributed by atoms with Crippen LogP contribution < -0.4 is 5.32 Å². The number of benzene rings is 1. The van der Waals surface area contributed by atoms with Crippen LogP contribution in [0, 0.1) is 5.92 Å². The Balaban J connectivity index is 2.22. The second-order valence-corrected chi connectivity index (χ2v) is 5.17. The van der Waals surface area contributed by atoms with Gasteiger partial charge in [0.15, 0.2) is 0 Å². The fraction of sp³-hybridized carbons (Fsp3) is 0.600. The van der Waals surface area contributed by atoms with Crippen molar-refractivity contribution in [3.05, 3.63) is 35.4 Å². The Bertz CT molecular complexity index is 345. The van der Waals surface area contributed by atoms with E-state index in [1.165, 1.54) is 24.8 Å². The van der Waals surface area contributed by atoms with E-state index in [1.807, 2.05) is 0 Å². The summed E-state index contributed by atoms with van der Waals surface area (Å²) in [5.74, 6) is 0.754. The lowest BCUT2D eigenvalue weighted by Gasteiger charge is -2.34. The van der Waals surface area contributed by atoms with E-state index in [1.54, 1.807) is 5.56 Å². The third-order valence-electron chi connectivity index (χ3n) is 3.90. The monoisotopic (exact) mass is 217 g/mol. The molecule has 0 fully saturated rings. The van der Waals surface area contributed by atoms with E-state index in [0.29, 0.717) is 12.1 Å². The topological polar surface area (TPSA) is 12.0 Å². The Morgan fingerprint density at radius 3 is 2.88 bits per heavy atom. The van der Waals surface area contributed by atoms with Gasteiger partial charge in [0.1, 0.15) is 0 Å². The van der Waals surface area contributed by atoms with Gasteiger partial charge < -0.3 is 5.32 Å². The Hall–Kier alpha value is -0.820. The number of hydrogen-bond donors (Lipinski definition) is 1. The van der Waals surface area contributed by atoms with Crippen LogP contribution in [0.15, 0.2) is 24.3 Å². The molecule has 1 aromatic rings. The van der Waals surface area contributed by atoms with Crippen LogP contribution in [0.4, 0.5) is 0 Å². The molecule has 0 heterocycles. The molecule has 0 spiro atoms. The highest BCUT2D eigenvalue weighted by Gasteiger charge is 2.26. The molecule has 2 rings (SSSR count). The van der Waals surface area contributed by atoms with Crippen LogP contribution in [0.2, 0.25) is 0 Å². The quantitative estimate of drug-likeness (QED) is 0.814. The minimum absolute atomic E-state index is 0.555. The Morgan fingerprint density at radius 1 is 1.38 bits per heavy atom. The summed E-state index contributed by atoms with van der Waals surface area (Å²) in [6, 6.07) is 10.1. The molecule has 0 aromatic heterocycles. The second kappa shape index (κ2) is 5.01. The molecule has 1 N–H and O–H groups in total. The summed E-state index contributed by atoms with van der Waals surface area (Å²) in [5, 5.41) is 3.77. The molecular formula is C15H23N. The first kappa shape index (κ1) is 11.7. The van der Waals surface area contributed by atoms with Gasteiger partial charge in [-0.2, -0.15) is 0 Å². The zero-order chi connectivity index (χ0) is 11.5. The maximum absolute atomic E-state index is 3.77. The average Bonchev–Trinajstić information content (AvgIpc) is 2.32. The molecule has 16 heavy (non-hydrogen) atoms. The fourth-order valence-electron chi connectivity index (χ4n) is 2.60. The van der Waals surface area contributed by atoms with Crippen LogP contribution in [0.25, 0.3) is 0 Å². The summed E-state index contributed by atoms with van der Waals surface area (Å²) in [6.45, 7) is 6.90. The fourth-order valence-corrected chi connectivity index (χ4v) is 2.60. The number of aryl methyl sites for hydroxylation is 1. The summed E-state index contributed by atoms with van der Waals surface area (Å²) in [5.41, 5.74) is 3.07. The summed E-state index contributed by atoms with van der Waals surface area (Å²) in [6.07, 6.45) is 3.76. The Kier molecular flexibility index (Phi) is 3.65. The van der Waals surface area contributed by atoms with Gasteiger partial charge in [0.05, 0.1) is 0 Å². The lowest BCUT2D eigenvalue weighted by Crippen LogP contribution is -2.36. The van der Waals surface area contributed by atoms with Crippen molar-refractivity contribution in [2.24, 2.45) is 5.92 Å². The minimum atomic E-state index is 0.555. The number of hydrogen-bond acceptors (Lipinski definition) is 1.